The first-order valence-electron chi connectivity index (χ1n) is 9.08. The number of fused-ring (bicyclic) bond motifs is 1. The van der Waals surface area contributed by atoms with Crippen LogP contribution in [0.15, 0.2) is 49.3 Å². The average molecular weight is 398 g/mol. The van der Waals surface area contributed by atoms with Crippen molar-refractivity contribution in [3.8, 4) is 11.3 Å². The zero-order chi connectivity index (χ0) is 19.8. The fraction of sp³-hybridized carbons (Fsp3) is 0.238. The Morgan fingerprint density at radius 1 is 1.14 bits per heavy atom. The number of hydrogen-bond acceptors (Lipinski definition) is 4. The zero-order valence-electron chi connectivity index (χ0n) is 15.7. The molecule has 1 aliphatic rings. The first kappa shape index (κ1) is 18.5. The highest BCUT2D eigenvalue weighted by Crippen LogP contribution is 2.31. The number of rotatable bonds is 4. The van der Waals surface area contributed by atoms with Gasteiger partial charge in [-0.25, -0.2) is 4.98 Å². The number of hydrogen-bond donors (Lipinski definition) is 1. The first-order chi connectivity index (χ1) is 13.4. The summed E-state index contributed by atoms with van der Waals surface area (Å²) in [6, 6.07) is 7.55. The molecule has 1 N–H and O–H groups in total. The fourth-order valence-corrected chi connectivity index (χ4v) is 3.76. The Morgan fingerprint density at radius 3 is 2.50 bits per heavy atom. The van der Waals surface area contributed by atoms with E-state index in [1.807, 2.05) is 25.1 Å². The average Bonchev–Trinajstić information content (AvgIpc) is 3.13. The van der Waals surface area contributed by atoms with E-state index in [9.17, 15) is 4.39 Å². The highest BCUT2D eigenvalue weighted by atomic mass is 35.5. The molecule has 5 nitrogen and oxygen atoms in total. The van der Waals surface area contributed by atoms with Crippen LogP contribution in [0.5, 0.6) is 0 Å². The fourth-order valence-electron chi connectivity index (χ4n) is 3.49. The van der Waals surface area contributed by atoms with Gasteiger partial charge in [0.2, 0.25) is 5.95 Å². The lowest BCUT2D eigenvalue weighted by Crippen LogP contribution is -2.44. The number of nitrogens with one attached hydrogen (secondary N) is 1. The summed E-state index contributed by atoms with van der Waals surface area (Å²) in [6.45, 7) is 14.0. The Bertz CT molecular complexity index is 1070. The quantitative estimate of drug-likeness (QED) is 0.702. The molecule has 1 fully saturated rings. The lowest BCUT2D eigenvalue weighted by atomic mass is 10.1. The van der Waals surface area contributed by atoms with Crippen LogP contribution >= 0.6 is 11.6 Å². The molecule has 144 valence electrons. The van der Waals surface area contributed by atoms with E-state index in [2.05, 4.69) is 38.1 Å². The third kappa shape index (κ3) is 3.36. The summed E-state index contributed by atoms with van der Waals surface area (Å²) in [5, 5.41) is 7.35. The predicted molar refractivity (Wildman–Crippen MR) is 111 cm³/mol. The van der Waals surface area contributed by atoms with Crippen LogP contribution in [0.1, 0.15) is 12.5 Å². The number of H-pyrrole nitrogens is 1. The highest BCUT2D eigenvalue weighted by Gasteiger charge is 2.19. The molecule has 3 aromatic rings. The molecule has 4 rings (SSSR count). The molecule has 0 saturated carbocycles. The highest BCUT2D eigenvalue weighted by molar-refractivity contribution is 6.35. The topological polar surface area (TPSA) is 48.0 Å². The Kier molecular flexibility index (Phi) is 4.81. The van der Waals surface area contributed by atoms with Gasteiger partial charge in [0, 0.05) is 43.0 Å². The molecule has 0 amide bonds. The van der Waals surface area contributed by atoms with Crippen LogP contribution in [-0.2, 0) is 0 Å². The summed E-state index contributed by atoms with van der Waals surface area (Å²) in [5.41, 5.74) is 4.45. The van der Waals surface area contributed by atoms with E-state index in [0.717, 1.165) is 48.5 Å². The van der Waals surface area contributed by atoms with Crippen molar-refractivity contribution in [1.82, 2.24) is 25.0 Å². The summed E-state index contributed by atoms with van der Waals surface area (Å²) < 4.78 is 13.9. The summed E-state index contributed by atoms with van der Waals surface area (Å²) in [5.74, 6) is -0.529. The van der Waals surface area contributed by atoms with Crippen LogP contribution in [0.4, 0.5) is 4.39 Å². The molecular weight excluding hydrogens is 377 g/mol. The van der Waals surface area contributed by atoms with Gasteiger partial charge in [0.1, 0.15) is 0 Å². The largest absolute Gasteiger partial charge is 0.372 e. The molecule has 0 atom stereocenters. The third-order valence-electron chi connectivity index (χ3n) is 5.16. The lowest BCUT2D eigenvalue weighted by Gasteiger charge is -2.38. The minimum atomic E-state index is -0.529. The molecule has 0 radical (unpaired) electrons. The van der Waals surface area contributed by atoms with Gasteiger partial charge in [0.15, 0.2) is 0 Å². The number of piperazine rings is 1. The van der Waals surface area contributed by atoms with Gasteiger partial charge >= 0.3 is 0 Å². The molecule has 1 aromatic carbocycles. The van der Waals surface area contributed by atoms with Gasteiger partial charge < -0.3 is 9.80 Å². The minimum Gasteiger partial charge on any atom is -0.372 e. The predicted octanol–water partition coefficient (Wildman–Crippen LogP) is 4.54. The van der Waals surface area contributed by atoms with E-state index in [0.29, 0.717) is 21.8 Å². The molecule has 1 aliphatic heterocycles. The van der Waals surface area contributed by atoms with Crippen molar-refractivity contribution in [3.63, 3.8) is 0 Å². The summed E-state index contributed by atoms with van der Waals surface area (Å²) in [6.07, 6.45) is 1.41. The second-order valence-corrected chi connectivity index (χ2v) is 7.38. The SMILES string of the molecule is C=C(C)N1CCN(C(=C)c2ccc3c(Cl)cc(-c4cn[nH]c4F)nc3c2)CC1. The van der Waals surface area contributed by atoms with Crippen LogP contribution in [-0.4, -0.2) is 51.2 Å². The lowest BCUT2D eigenvalue weighted by molar-refractivity contribution is 0.215. The molecule has 7 heteroatoms. The first-order valence-corrected chi connectivity index (χ1v) is 9.46. The maximum atomic E-state index is 13.9. The van der Waals surface area contributed by atoms with Crippen LogP contribution in [0.2, 0.25) is 5.02 Å². The van der Waals surface area contributed by atoms with Gasteiger partial charge in [-0.05, 0) is 24.6 Å². The third-order valence-corrected chi connectivity index (χ3v) is 5.48. The standard InChI is InChI=1S/C21H21ClFN5/c1-13(2)27-6-8-28(9-7-27)14(3)15-4-5-16-18(22)11-20(25-19(16)10-15)17-12-24-26-21(17)23/h4-5,10-12H,1,3,6-9H2,2H3,(H,24,26). The number of pyridine rings is 1. The number of halogens is 2. The molecule has 28 heavy (non-hydrogen) atoms. The maximum absolute atomic E-state index is 13.9. The Hall–Kier alpha value is -2.86. The van der Waals surface area contributed by atoms with Crippen LogP contribution in [0, 0.1) is 5.95 Å². The molecule has 3 heterocycles. The normalized spacial score (nSPS) is 14.5. The van der Waals surface area contributed by atoms with Gasteiger partial charge in [0.05, 0.1) is 28.0 Å². The van der Waals surface area contributed by atoms with Crippen molar-refractivity contribution in [2.75, 3.05) is 26.2 Å². The van der Waals surface area contributed by atoms with Gasteiger partial charge in [-0.15, -0.1) is 0 Å². The number of nitrogens with zero attached hydrogens (tertiary/aromatic N) is 4. The monoisotopic (exact) mass is 397 g/mol. The molecule has 0 bridgehead atoms. The Labute approximate surface area is 168 Å². The maximum Gasteiger partial charge on any atom is 0.218 e. The summed E-state index contributed by atoms with van der Waals surface area (Å²) in [7, 11) is 0. The number of aromatic nitrogens is 3. The summed E-state index contributed by atoms with van der Waals surface area (Å²) in [4.78, 5) is 9.14. The van der Waals surface area contributed by atoms with E-state index in [1.54, 1.807) is 6.07 Å². The Balaban J connectivity index is 1.64. The molecule has 0 unspecified atom stereocenters. The molecule has 0 spiro atoms. The van der Waals surface area contributed by atoms with Gasteiger partial charge in [-0.1, -0.05) is 36.9 Å². The summed E-state index contributed by atoms with van der Waals surface area (Å²) >= 11 is 6.42. The van der Waals surface area contributed by atoms with E-state index in [1.165, 1.54) is 6.20 Å². The molecular formula is C21H21ClFN5. The van der Waals surface area contributed by atoms with E-state index in [-0.39, 0.29) is 0 Å². The van der Waals surface area contributed by atoms with E-state index < -0.39 is 5.95 Å². The van der Waals surface area contributed by atoms with E-state index >= 15 is 0 Å². The number of aromatic amines is 1. The van der Waals surface area contributed by atoms with Crippen LogP contribution in [0.3, 0.4) is 0 Å². The number of allylic oxidation sites excluding steroid dienone is 1. The minimum absolute atomic E-state index is 0.295. The second kappa shape index (κ2) is 7.28. The second-order valence-electron chi connectivity index (χ2n) is 6.97. The number of benzene rings is 1. The van der Waals surface area contributed by atoms with Crippen LogP contribution < -0.4 is 0 Å². The van der Waals surface area contributed by atoms with Crippen molar-refractivity contribution in [2.24, 2.45) is 0 Å². The van der Waals surface area contributed by atoms with Crippen molar-refractivity contribution in [1.29, 1.82) is 0 Å². The van der Waals surface area contributed by atoms with Crippen molar-refractivity contribution < 1.29 is 4.39 Å². The molecule has 2 aromatic heterocycles. The van der Waals surface area contributed by atoms with E-state index in [4.69, 9.17) is 11.6 Å². The van der Waals surface area contributed by atoms with Gasteiger partial charge in [0.25, 0.3) is 0 Å². The van der Waals surface area contributed by atoms with Crippen molar-refractivity contribution >= 4 is 28.2 Å². The van der Waals surface area contributed by atoms with Gasteiger partial charge in [-0.2, -0.15) is 9.49 Å². The zero-order valence-corrected chi connectivity index (χ0v) is 16.4. The van der Waals surface area contributed by atoms with Crippen molar-refractivity contribution in [3.05, 3.63) is 65.9 Å². The molecule has 0 aliphatic carbocycles. The van der Waals surface area contributed by atoms with Crippen molar-refractivity contribution in [2.45, 2.75) is 6.92 Å². The molecule has 1 saturated heterocycles. The van der Waals surface area contributed by atoms with Gasteiger partial charge in [-0.3, -0.25) is 5.10 Å². The Morgan fingerprint density at radius 2 is 1.86 bits per heavy atom. The smallest absolute Gasteiger partial charge is 0.218 e. The van der Waals surface area contributed by atoms with Crippen LogP contribution in [0.25, 0.3) is 27.9 Å².